The molecular formula is C36H45N3O3Si. The zero-order chi connectivity index (χ0) is 30.5. The number of benzene rings is 1. The number of Topliss-reactive ketones (excluding diaryl/α,β-unsaturated/α-hetero) is 1. The van der Waals surface area contributed by atoms with Crippen molar-refractivity contribution in [1.29, 1.82) is 0 Å². The number of pyridine rings is 2. The molecule has 2 fully saturated rings. The highest BCUT2D eigenvalue weighted by Crippen LogP contribution is 2.55. The molecule has 1 saturated carbocycles. The fraction of sp³-hybridized carbons (Fsp3) is 0.472. The third-order valence-electron chi connectivity index (χ3n) is 10.0. The number of anilines is 1. The largest absolute Gasteiger partial charge is 0.442 e. The van der Waals surface area contributed by atoms with E-state index in [0.29, 0.717) is 35.1 Å². The summed E-state index contributed by atoms with van der Waals surface area (Å²) in [5, 5.41) is 1.12. The van der Waals surface area contributed by atoms with Crippen LogP contribution in [0.15, 0.2) is 71.4 Å². The molecule has 1 unspecified atom stereocenters. The number of aromatic nitrogens is 2. The molecule has 1 aliphatic heterocycles. The highest BCUT2D eigenvalue weighted by Gasteiger charge is 2.44. The third-order valence-corrected chi connectivity index (χ3v) is 14.5. The molecule has 1 saturated heterocycles. The summed E-state index contributed by atoms with van der Waals surface area (Å²) in [6, 6.07) is 18.5. The summed E-state index contributed by atoms with van der Waals surface area (Å²) in [6.45, 7) is 18.0. The molecule has 4 aromatic rings. The van der Waals surface area contributed by atoms with Crippen molar-refractivity contribution >= 4 is 30.9 Å². The number of ketones is 1. The zero-order valence-corrected chi connectivity index (χ0v) is 27.6. The molecule has 0 bridgehead atoms. The first kappa shape index (κ1) is 29.8. The highest BCUT2D eigenvalue weighted by molar-refractivity contribution is 6.74. The van der Waals surface area contributed by atoms with Crippen LogP contribution in [0.5, 0.6) is 0 Å². The Labute approximate surface area is 257 Å². The van der Waals surface area contributed by atoms with Gasteiger partial charge in [0.1, 0.15) is 11.5 Å². The molecule has 0 radical (unpaired) electrons. The number of rotatable bonds is 8. The number of carbonyl (C=O) groups excluding carboxylic acids is 1. The van der Waals surface area contributed by atoms with E-state index in [2.05, 4.69) is 92.9 Å². The van der Waals surface area contributed by atoms with Crippen molar-refractivity contribution in [2.24, 2.45) is 11.8 Å². The first-order valence-corrected chi connectivity index (χ1v) is 18.7. The molecule has 226 valence electrons. The zero-order valence-electron chi connectivity index (χ0n) is 26.6. The molecule has 6 rings (SSSR count). The Bertz CT molecular complexity index is 1600. The molecule has 1 aromatic carbocycles. The molecule has 0 N–H and O–H groups in total. The molecule has 5 atom stereocenters. The Morgan fingerprint density at radius 3 is 2.44 bits per heavy atom. The summed E-state index contributed by atoms with van der Waals surface area (Å²) >= 11 is 0. The average Bonchev–Trinajstić information content (AvgIpc) is 3.66. The van der Waals surface area contributed by atoms with Crippen LogP contribution in [-0.2, 0) is 10.8 Å². The van der Waals surface area contributed by atoms with E-state index in [1.807, 2.05) is 36.7 Å². The van der Waals surface area contributed by atoms with Gasteiger partial charge in [-0.15, -0.1) is 0 Å². The van der Waals surface area contributed by atoms with E-state index in [1.165, 1.54) is 5.56 Å². The minimum absolute atomic E-state index is 0.0278. The Balaban J connectivity index is 1.15. The predicted octanol–water partition coefficient (Wildman–Crippen LogP) is 8.40. The second-order valence-electron chi connectivity index (χ2n) is 14.4. The van der Waals surface area contributed by atoms with E-state index in [4.69, 9.17) is 8.84 Å². The van der Waals surface area contributed by atoms with Gasteiger partial charge in [-0.2, -0.15) is 0 Å². The normalized spacial score (nSPS) is 24.3. The van der Waals surface area contributed by atoms with Crippen molar-refractivity contribution in [2.45, 2.75) is 83.5 Å². The molecule has 0 amide bonds. The number of fused-ring (bicyclic) bond motifs is 1. The van der Waals surface area contributed by atoms with Crippen molar-refractivity contribution < 1.29 is 13.6 Å². The lowest BCUT2D eigenvalue weighted by molar-refractivity contribution is 0.0627. The monoisotopic (exact) mass is 595 g/mol. The molecular weight excluding hydrogens is 551 g/mol. The lowest BCUT2D eigenvalue weighted by Gasteiger charge is -2.48. The van der Waals surface area contributed by atoms with E-state index < -0.39 is 8.32 Å². The molecule has 3 aromatic heterocycles. The van der Waals surface area contributed by atoms with E-state index >= 15 is 0 Å². The van der Waals surface area contributed by atoms with Crippen molar-refractivity contribution in [3.05, 3.63) is 89.6 Å². The van der Waals surface area contributed by atoms with Gasteiger partial charge in [-0.3, -0.25) is 9.78 Å². The summed E-state index contributed by atoms with van der Waals surface area (Å²) in [5.41, 5.74) is 4.33. The lowest BCUT2D eigenvalue weighted by atomic mass is 9.87. The SMILES string of the molecule is C[C@@H]1CN(c2ccncc2CC(=O)c2ccc3cc([C@H]4C[C@@H]4c4ccccc4)oc3n2)C[C@H](C)C1O[Si](C)(C)C(C)(C)C. The summed E-state index contributed by atoms with van der Waals surface area (Å²) < 4.78 is 13.1. The van der Waals surface area contributed by atoms with Crippen molar-refractivity contribution in [1.82, 2.24) is 9.97 Å². The van der Waals surface area contributed by atoms with Crippen LogP contribution in [0.25, 0.3) is 11.1 Å². The molecule has 4 heterocycles. The van der Waals surface area contributed by atoms with Crippen LogP contribution < -0.4 is 4.90 Å². The fourth-order valence-corrected chi connectivity index (χ4v) is 7.96. The number of carbonyl (C=O) groups is 1. The van der Waals surface area contributed by atoms with Crippen LogP contribution in [0.4, 0.5) is 5.69 Å². The van der Waals surface area contributed by atoms with Crippen molar-refractivity contribution in [3.63, 3.8) is 0 Å². The van der Waals surface area contributed by atoms with Gasteiger partial charge in [-0.05, 0) is 72.1 Å². The van der Waals surface area contributed by atoms with Crippen molar-refractivity contribution in [3.8, 4) is 0 Å². The number of piperidine rings is 1. The van der Waals surface area contributed by atoms with Crippen molar-refractivity contribution in [2.75, 3.05) is 18.0 Å². The standard InChI is InChI=1S/C36H45N3O3Si/c1-23-21-39(22-24(2)34(23)42-43(6,7)36(3,4)5)31-15-16-37-20-27(31)17-32(40)30-14-13-26-18-33(41-35(26)38-30)29-19-28(29)25-11-9-8-10-12-25/h8-16,18,20,23-24,28-29,34H,17,19,21-22H2,1-7H3/t23-,24+,28-,29+,34?/m1/s1. The third kappa shape index (κ3) is 6.07. The number of furan rings is 1. The molecule has 1 aliphatic carbocycles. The average molecular weight is 596 g/mol. The fourth-order valence-electron chi connectivity index (χ4n) is 6.47. The second kappa shape index (κ2) is 11.3. The molecule has 2 aliphatic rings. The second-order valence-corrected chi connectivity index (χ2v) is 19.2. The first-order chi connectivity index (χ1) is 20.4. The maximum atomic E-state index is 13.5. The number of hydrogen-bond acceptors (Lipinski definition) is 6. The minimum atomic E-state index is -1.88. The summed E-state index contributed by atoms with van der Waals surface area (Å²) in [4.78, 5) is 25.0. The van der Waals surface area contributed by atoms with E-state index in [0.717, 1.165) is 41.9 Å². The maximum Gasteiger partial charge on any atom is 0.226 e. The maximum absolute atomic E-state index is 13.5. The first-order valence-electron chi connectivity index (χ1n) is 15.8. The number of hydrogen-bond donors (Lipinski definition) is 0. The lowest BCUT2D eigenvalue weighted by Crippen LogP contribution is -2.54. The molecule has 7 heteroatoms. The minimum Gasteiger partial charge on any atom is -0.442 e. The molecule has 0 spiro atoms. The van der Waals surface area contributed by atoms with Crippen LogP contribution >= 0.6 is 0 Å². The van der Waals surface area contributed by atoms with E-state index in [9.17, 15) is 4.79 Å². The van der Waals surface area contributed by atoms with Gasteiger partial charge in [-0.25, -0.2) is 4.98 Å². The van der Waals surface area contributed by atoms with Gasteiger partial charge in [-0.1, -0.05) is 65.0 Å². The topological polar surface area (TPSA) is 68.5 Å². The van der Waals surface area contributed by atoms with Crippen LogP contribution in [0.2, 0.25) is 18.1 Å². The van der Waals surface area contributed by atoms with Gasteiger partial charge in [0, 0.05) is 54.5 Å². The van der Waals surface area contributed by atoms with Crippen LogP contribution in [0.1, 0.15) is 80.3 Å². The smallest absolute Gasteiger partial charge is 0.226 e. The Hall–Kier alpha value is -3.29. The highest BCUT2D eigenvalue weighted by atomic mass is 28.4. The summed E-state index contributed by atoms with van der Waals surface area (Å²) in [6.07, 6.45) is 5.22. The van der Waals surface area contributed by atoms with Crippen LogP contribution in [0, 0.1) is 11.8 Å². The Kier molecular flexibility index (Phi) is 7.84. The van der Waals surface area contributed by atoms with E-state index in [-0.39, 0.29) is 23.3 Å². The van der Waals surface area contributed by atoms with Gasteiger partial charge in [0.2, 0.25) is 5.71 Å². The van der Waals surface area contributed by atoms with Crippen LogP contribution in [-0.4, -0.2) is 43.3 Å². The van der Waals surface area contributed by atoms with Gasteiger partial charge < -0.3 is 13.7 Å². The van der Waals surface area contributed by atoms with Gasteiger partial charge in [0.15, 0.2) is 14.1 Å². The summed E-state index contributed by atoms with van der Waals surface area (Å²) in [5.74, 6) is 2.54. The van der Waals surface area contributed by atoms with Gasteiger partial charge in [0.25, 0.3) is 0 Å². The quantitative estimate of drug-likeness (QED) is 0.150. The molecule has 6 nitrogen and oxygen atoms in total. The Morgan fingerprint density at radius 2 is 1.74 bits per heavy atom. The van der Waals surface area contributed by atoms with Crippen LogP contribution in [0.3, 0.4) is 0 Å². The van der Waals surface area contributed by atoms with Gasteiger partial charge >= 0.3 is 0 Å². The van der Waals surface area contributed by atoms with E-state index in [1.54, 1.807) is 0 Å². The molecule has 43 heavy (non-hydrogen) atoms. The number of nitrogens with zero attached hydrogens (tertiary/aromatic N) is 3. The Morgan fingerprint density at radius 1 is 1.02 bits per heavy atom. The summed E-state index contributed by atoms with van der Waals surface area (Å²) in [7, 11) is -1.88. The predicted molar refractivity (Wildman–Crippen MR) is 175 cm³/mol. The van der Waals surface area contributed by atoms with Gasteiger partial charge in [0.05, 0.1) is 6.10 Å².